The van der Waals surface area contributed by atoms with Crippen molar-refractivity contribution in [2.45, 2.75) is 32.4 Å². The fourth-order valence-electron chi connectivity index (χ4n) is 1.28. The minimum absolute atomic E-state index is 0.147. The second-order valence-electron chi connectivity index (χ2n) is 4.49. The van der Waals surface area contributed by atoms with Crippen LogP contribution in [0.25, 0.3) is 0 Å². The Balaban J connectivity index is 2.89. The summed E-state index contributed by atoms with van der Waals surface area (Å²) in [5.74, 6) is 0. The summed E-state index contributed by atoms with van der Waals surface area (Å²) >= 11 is 2.07. The Bertz CT molecular complexity index is 284. The minimum Gasteiger partial charge on any atom is -0.241 e. The van der Waals surface area contributed by atoms with Crippen molar-refractivity contribution >= 4 is 22.6 Å². The van der Waals surface area contributed by atoms with Crippen LogP contribution in [0.1, 0.15) is 38.1 Å². The Morgan fingerprint density at radius 1 is 1.21 bits per heavy atom. The van der Waals surface area contributed by atoms with Gasteiger partial charge in [0.2, 0.25) is 0 Å². The lowest BCUT2D eigenvalue weighted by Crippen LogP contribution is -2.10. The zero-order chi connectivity index (χ0) is 10.8. The van der Waals surface area contributed by atoms with Gasteiger partial charge in [-0.15, -0.1) is 0 Å². The third kappa shape index (κ3) is 2.94. The molecule has 0 bridgehead atoms. The van der Waals surface area contributed by atoms with Crippen LogP contribution < -0.4 is 0 Å². The summed E-state index contributed by atoms with van der Waals surface area (Å²) in [6.07, 6.45) is -0.829. The summed E-state index contributed by atoms with van der Waals surface area (Å²) in [6.45, 7) is 6.48. The van der Waals surface area contributed by atoms with Gasteiger partial charge in [0.05, 0.1) is 0 Å². The molecule has 1 unspecified atom stereocenters. The summed E-state index contributed by atoms with van der Waals surface area (Å²) < 4.78 is 13.8. The molecule has 0 saturated heterocycles. The van der Waals surface area contributed by atoms with Crippen LogP contribution in [0.5, 0.6) is 0 Å². The van der Waals surface area contributed by atoms with Crippen LogP contribution in [0.3, 0.4) is 0 Å². The average molecular weight is 306 g/mol. The first kappa shape index (κ1) is 12.0. The highest BCUT2D eigenvalue weighted by Crippen LogP contribution is 2.25. The highest BCUT2D eigenvalue weighted by Gasteiger charge is 2.14. The first-order chi connectivity index (χ1) is 6.45. The van der Waals surface area contributed by atoms with Gasteiger partial charge in [-0.3, -0.25) is 0 Å². The predicted molar refractivity (Wildman–Crippen MR) is 67.9 cm³/mol. The maximum absolute atomic E-state index is 13.3. The van der Waals surface area contributed by atoms with Crippen molar-refractivity contribution in [1.82, 2.24) is 0 Å². The Morgan fingerprint density at radius 2 is 1.71 bits per heavy atom. The van der Waals surface area contributed by atoms with E-state index in [2.05, 4.69) is 43.4 Å². The number of alkyl halides is 2. The van der Waals surface area contributed by atoms with Gasteiger partial charge < -0.3 is 0 Å². The molecule has 0 aromatic heterocycles. The van der Waals surface area contributed by atoms with Gasteiger partial charge in [0.1, 0.15) is 6.17 Å². The van der Waals surface area contributed by atoms with Crippen molar-refractivity contribution < 1.29 is 4.39 Å². The van der Waals surface area contributed by atoms with Crippen LogP contribution in [0.4, 0.5) is 4.39 Å². The molecule has 1 aromatic carbocycles. The molecule has 0 aliphatic heterocycles. The molecule has 78 valence electrons. The highest BCUT2D eigenvalue weighted by atomic mass is 127. The molecule has 0 fully saturated rings. The van der Waals surface area contributed by atoms with Gasteiger partial charge in [0, 0.05) is 4.43 Å². The zero-order valence-electron chi connectivity index (χ0n) is 8.85. The van der Waals surface area contributed by atoms with Crippen LogP contribution in [0.2, 0.25) is 0 Å². The van der Waals surface area contributed by atoms with E-state index in [1.165, 1.54) is 5.56 Å². The molecule has 0 N–H and O–H groups in total. The molecular formula is C12H16FI. The highest BCUT2D eigenvalue weighted by molar-refractivity contribution is 14.1. The molecule has 0 aliphatic rings. The van der Waals surface area contributed by atoms with Crippen molar-refractivity contribution in [3.8, 4) is 0 Å². The summed E-state index contributed by atoms with van der Waals surface area (Å²) in [7, 11) is 0. The third-order valence-corrected chi connectivity index (χ3v) is 3.05. The lowest BCUT2D eigenvalue weighted by molar-refractivity contribution is 0.385. The number of halogens is 2. The van der Waals surface area contributed by atoms with Gasteiger partial charge in [-0.05, 0) is 16.5 Å². The van der Waals surface area contributed by atoms with E-state index in [1.807, 2.05) is 24.3 Å². The minimum atomic E-state index is -0.829. The van der Waals surface area contributed by atoms with E-state index >= 15 is 0 Å². The molecule has 0 spiro atoms. The molecule has 1 aromatic rings. The van der Waals surface area contributed by atoms with Crippen LogP contribution in [0.15, 0.2) is 24.3 Å². The van der Waals surface area contributed by atoms with Crippen molar-refractivity contribution in [3.05, 3.63) is 35.4 Å². The van der Waals surface area contributed by atoms with Crippen molar-refractivity contribution in [3.63, 3.8) is 0 Å². The van der Waals surface area contributed by atoms with Gasteiger partial charge in [-0.2, -0.15) is 0 Å². The molecule has 0 aliphatic carbocycles. The van der Waals surface area contributed by atoms with Gasteiger partial charge >= 0.3 is 0 Å². The summed E-state index contributed by atoms with van der Waals surface area (Å²) in [5.41, 5.74) is 2.18. The first-order valence-electron chi connectivity index (χ1n) is 4.75. The number of hydrogen-bond donors (Lipinski definition) is 0. The molecule has 0 nitrogen and oxygen atoms in total. The monoisotopic (exact) mass is 306 g/mol. The smallest absolute Gasteiger partial charge is 0.134 e. The second-order valence-corrected chi connectivity index (χ2v) is 5.37. The quantitative estimate of drug-likeness (QED) is 0.560. The maximum atomic E-state index is 13.3. The lowest BCUT2D eigenvalue weighted by Gasteiger charge is -2.19. The van der Waals surface area contributed by atoms with Gasteiger partial charge in [-0.1, -0.05) is 67.6 Å². The molecule has 0 radical (unpaired) electrons. The Labute approximate surface area is 99.0 Å². The standard InChI is InChI=1S/C12H16FI/c1-12(2,3)10-6-4-9(5-7-10)11(13)8-14/h4-7,11H,8H2,1-3H3. The molecule has 0 saturated carbocycles. The molecule has 0 amide bonds. The Kier molecular flexibility index (Phi) is 3.93. The largest absolute Gasteiger partial charge is 0.241 e. The SMILES string of the molecule is CC(C)(C)c1ccc(C(F)CI)cc1. The summed E-state index contributed by atoms with van der Waals surface area (Å²) in [6, 6.07) is 7.83. The molecular weight excluding hydrogens is 290 g/mol. The van der Waals surface area contributed by atoms with Crippen molar-refractivity contribution in [2.24, 2.45) is 0 Å². The number of hydrogen-bond acceptors (Lipinski definition) is 0. The van der Waals surface area contributed by atoms with Gasteiger partial charge in [0.25, 0.3) is 0 Å². The lowest BCUT2D eigenvalue weighted by atomic mass is 9.86. The number of rotatable bonds is 2. The summed E-state index contributed by atoms with van der Waals surface area (Å²) in [4.78, 5) is 0. The molecule has 2 heteroatoms. The van der Waals surface area contributed by atoms with Crippen LogP contribution in [-0.4, -0.2) is 4.43 Å². The second kappa shape index (κ2) is 4.60. The Morgan fingerprint density at radius 3 is 2.07 bits per heavy atom. The van der Waals surface area contributed by atoms with E-state index in [0.29, 0.717) is 4.43 Å². The van der Waals surface area contributed by atoms with Crippen molar-refractivity contribution in [1.29, 1.82) is 0 Å². The van der Waals surface area contributed by atoms with E-state index in [4.69, 9.17) is 0 Å². The molecule has 1 atom stereocenters. The van der Waals surface area contributed by atoms with Crippen LogP contribution >= 0.6 is 22.6 Å². The fourth-order valence-corrected chi connectivity index (χ4v) is 1.79. The molecule has 1 rings (SSSR count). The number of benzene rings is 1. The van der Waals surface area contributed by atoms with Crippen LogP contribution in [0, 0.1) is 0 Å². The first-order valence-corrected chi connectivity index (χ1v) is 6.28. The predicted octanol–water partition coefficient (Wildman–Crippen LogP) is 4.43. The summed E-state index contributed by atoms with van der Waals surface area (Å²) in [5, 5.41) is 0. The van der Waals surface area contributed by atoms with E-state index in [9.17, 15) is 4.39 Å². The Hall–Kier alpha value is -0.120. The normalized spacial score (nSPS) is 14.1. The fraction of sp³-hybridized carbons (Fsp3) is 0.500. The van der Waals surface area contributed by atoms with E-state index in [-0.39, 0.29) is 5.41 Å². The van der Waals surface area contributed by atoms with E-state index in [1.54, 1.807) is 0 Å². The van der Waals surface area contributed by atoms with E-state index < -0.39 is 6.17 Å². The molecule has 14 heavy (non-hydrogen) atoms. The molecule has 0 heterocycles. The van der Waals surface area contributed by atoms with Gasteiger partial charge in [0.15, 0.2) is 0 Å². The zero-order valence-corrected chi connectivity index (χ0v) is 11.0. The average Bonchev–Trinajstić information content (AvgIpc) is 2.15. The third-order valence-electron chi connectivity index (χ3n) is 2.27. The maximum Gasteiger partial charge on any atom is 0.134 e. The van der Waals surface area contributed by atoms with Crippen molar-refractivity contribution in [2.75, 3.05) is 4.43 Å². The van der Waals surface area contributed by atoms with Crippen LogP contribution in [-0.2, 0) is 5.41 Å². The van der Waals surface area contributed by atoms with Gasteiger partial charge in [-0.25, -0.2) is 4.39 Å². The van der Waals surface area contributed by atoms with E-state index in [0.717, 1.165) is 5.56 Å². The topological polar surface area (TPSA) is 0 Å².